The van der Waals surface area contributed by atoms with Gasteiger partial charge in [0.1, 0.15) is 6.54 Å². The minimum Gasteiger partial charge on any atom is -0.369 e. The largest absolute Gasteiger partial charge is 0.369 e. The molecule has 0 unspecified atom stereocenters. The lowest BCUT2D eigenvalue weighted by molar-refractivity contribution is -0.134. The number of carbonyl (C=O) groups is 3. The van der Waals surface area contributed by atoms with Crippen LogP contribution >= 0.6 is 11.8 Å². The molecule has 2 aliphatic rings. The number of hydrogen-bond acceptors (Lipinski definition) is 4. The second-order valence-corrected chi connectivity index (χ2v) is 8.52. The number of nitrogens with two attached hydrogens (primary N) is 1. The van der Waals surface area contributed by atoms with Crippen LogP contribution in [-0.2, 0) is 14.4 Å². The van der Waals surface area contributed by atoms with Gasteiger partial charge in [-0.1, -0.05) is 54.2 Å². The zero-order valence-corrected chi connectivity index (χ0v) is 17.3. The Morgan fingerprint density at radius 1 is 1.03 bits per heavy atom. The highest BCUT2D eigenvalue weighted by atomic mass is 32.2. The summed E-state index contributed by atoms with van der Waals surface area (Å²) in [6.07, 6.45) is 3.00. The maximum absolute atomic E-state index is 13.3. The highest BCUT2D eigenvalue weighted by Crippen LogP contribution is 2.42. The van der Waals surface area contributed by atoms with Gasteiger partial charge >= 0.3 is 0 Å². The smallest absolute Gasteiger partial charge is 0.265 e. The standard InChI is InChI=1S/C23H23N3O3S/c24-22(28)17-10-12-25(13-11-17)21(27)15-26-18-8-4-5-9-19(18)30-20(23(26)29)14-16-6-2-1-3-7-16/h1-9,14,17H,10-13,15H2,(H2,24,28)/b20-14-. The number of carbonyl (C=O) groups excluding carboxylic acids is 3. The van der Waals surface area contributed by atoms with Gasteiger partial charge in [-0.2, -0.15) is 0 Å². The third-order valence-corrected chi connectivity index (χ3v) is 6.55. The number of benzene rings is 2. The minimum absolute atomic E-state index is 0.0240. The molecule has 2 N–H and O–H groups in total. The number of para-hydroxylation sites is 1. The summed E-state index contributed by atoms with van der Waals surface area (Å²) in [6.45, 7) is 0.943. The van der Waals surface area contributed by atoms with Crippen LogP contribution in [0.25, 0.3) is 6.08 Å². The Morgan fingerprint density at radius 3 is 2.40 bits per heavy atom. The molecule has 0 atom stereocenters. The normalized spacial score (nSPS) is 18.4. The first-order valence-electron chi connectivity index (χ1n) is 9.95. The van der Waals surface area contributed by atoms with Gasteiger partial charge in [0, 0.05) is 23.9 Å². The first-order valence-corrected chi connectivity index (χ1v) is 10.8. The number of rotatable bonds is 4. The Morgan fingerprint density at radius 2 is 1.70 bits per heavy atom. The van der Waals surface area contributed by atoms with E-state index in [1.807, 2.05) is 60.7 Å². The van der Waals surface area contributed by atoms with E-state index in [2.05, 4.69) is 0 Å². The number of piperidine rings is 1. The molecule has 30 heavy (non-hydrogen) atoms. The zero-order valence-electron chi connectivity index (χ0n) is 16.5. The molecule has 0 radical (unpaired) electrons. The molecule has 0 bridgehead atoms. The average Bonchev–Trinajstić information content (AvgIpc) is 2.77. The van der Waals surface area contributed by atoms with Gasteiger partial charge in [0.05, 0.1) is 10.6 Å². The van der Waals surface area contributed by atoms with Crippen molar-refractivity contribution in [3.63, 3.8) is 0 Å². The van der Waals surface area contributed by atoms with Crippen LogP contribution in [0.3, 0.4) is 0 Å². The van der Waals surface area contributed by atoms with Crippen molar-refractivity contribution in [2.75, 3.05) is 24.5 Å². The van der Waals surface area contributed by atoms with Gasteiger partial charge in [0.25, 0.3) is 5.91 Å². The molecule has 2 aromatic rings. The van der Waals surface area contributed by atoms with Crippen molar-refractivity contribution in [2.24, 2.45) is 11.7 Å². The van der Waals surface area contributed by atoms with Crippen LogP contribution in [0.2, 0.25) is 0 Å². The highest BCUT2D eigenvalue weighted by molar-refractivity contribution is 8.04. The summed E-state index contributed by atoms with van der Waals surface area (Å²) in [5.74, 6) is -0.784. The summed E-state index contributed by atoms with van der Waals surface area (Å²) in [5.41, 5.74) is 7.07. The summed E-state index contributed by atoms with van der Waals surface area (Å²) in [6, 6.07) is 17.3. The number of likely N-dealkylation sites (tertiary alicyclic amines) is 1. The SMILES string of the molecule is NC(=O)C1CCN(C(=O)CN2C(=O)/C(=C/c3ccccc3)Sc3ccccc32)CC1. The van der Waals surface area contributed by atoms with E-state index >= 15 is 0 Å². The van der Waals surface area contributed by atoms with Gasteiger partial charge in [-0.3, -0.25) is 19.3 Å². The Bertz CT molecular complexity index is 998. The van der Waals surface area contributed by atoms with Gasteiger partial charge < -0.3 is 10.6 Å². The van der Waals surface area contributed by atoms with Crippen LogP contribution < -0.4 is 10.6 Å². The molecule has 0 spiro atoms. The van der Waals surface area contributed by atoms with Crippen molar-refractivity contribution in [2.45, 2.75) is 17.7 Å². The van der Waals surface area contributed by atoms with Gasteiger partial charge in [-0.15, -0.1) is 0 Å². The van der Waals surface area contributed by atoms with Crippen LogP contribution in [0.1, 0.15) is 18.4 Å². The summed E-state index contributed by atoms with van der Waals surface area (Å²) in [4.78, 5) is 42.4. The predicted molar refractivity (Wildman–Crippen MR) is 118 cm³/mol. The summed E-state index contributed by atoms with van der Waals surface area (Å²) in [5, 5.41) is 0. The van der Waals surface area contributed by atoms with Crippen LogP contribution in [0.5, 0.6) is 0 Å². The maximum atomic E-state index is 13.3. The molecular weight excluding hydrogens is 398 g/mol. The van der Waals surface area contributed by atoms with E-state index in [9.17, 15) is 14.4 Å². The Kier molecular flexibility index (Phi) is 5.90. The van der Waals surface area contributed by atoms with E-state index in [4.69, 9.17) is 5.73 Å². The average molecular weight is 422 g/mol. The molecule has 0 saturated carbocycles. The number of amides is 3. The molecule has 2 heterocycles. The lowest BCUT2D eigenvalue weighted by Gasteiger charge is -2.34. The number of nitrogens with zero attached hydrogens (tertiary/aromatic N) is 2. The lowest BCUT2D eigenvalue weighted by Crippen LogP contribution is -2.48. The molecule has 4 rings (SSSR count). The topological polar surface area (TPSA) is 83.7 Å². The van der Waals surface area contributed by atoms with Gasteiger partial charge in [0.15, 0.2) is 0 Å². The van der Waals surface area contributed by atoms with E-state index in [-0.39, 0.29) is 30.2 Å². The molecule has 0 aromatic heterocycles. The van der Waals surface area contributed by atoms with Crippen molar-refractivity contribution in [1.29, 1.82) is 0 Å². The molecule has 2 aliphatic heterocycles. The van der Waals surface area contributed by atoms with Crippen LogP contribution in [-0.4, -0.2) is 42.3 Å². The monoisotopic (exact) mass is 421 g/mol. The number of hydrogen-bond donors (Lipinski definition) is 1. The number of primary amides is 1. The molecule has 3 amide bonds. The van der Waals surface area contributed by atoms with E-state index in [1.54, 1.807) is 9.80 Å². The second kappa shape index (κ2) is 8.75. The van der Waals surface area contributed by atoms with Gasteiger partial charge in [0.2, 0.25) is 11.8 Å². The molecular formula is C23H23N3O3S. The first kappa shape index (κ1) is 20.2. The minimum atomic E-state index is -0.310. The molecule has 0 aliphatic carbocycles. The molecule has 1 saturated heterocycles. The molecule has 154 valence electrons. The molecule has 1 fully saturated rings. The van der Waals surface area contributed by atoms with E-state index in [0.29, 0.717) is 30.8 Å². The van der Waals surface area contributed by atoms with Crippen molar-refractivity contribution < 1.29 is 14.4 Å². The fourth-order valence-corrected chi connectivity index (χ4v) is 4.83. The fourth-order valence-electron chi connectivity index (χ4n) is 3.77. The second-order valence-electron chi connectivity index (χ2n) is 7.44. The zero-order chi connectivity index (χ0) is 21.1. The summed E-state index contributed by atoms with van der Waals surface area (Å²) < 4.78 is 0. The van der Waals surface area contributed by atoms with Crippen molar-refractivity contribution in [3.8, 4) is 0 Å². The maximum Gasteiger partial charge on any atom is 0.265 e. The first-order chi connectivity index (χ1) is 14.5. The molecule has 2 aromatic carbocycles. The quantitative estimate of drug-likeness (QED) is 0.770. The summed E-state index contributed by atoms with van der Waals surface area (Å²) >= 11 is 1.42. The van der Waals surface area contributed by atoms with Crippen LogP contribution in [0.4, 0.5) is 5.69 Å². The predicted octanol–water partition coefficient (Wildman–Crippen LogP) is 2.89. The number of fused-ring (bicyclic) bond motifs is 1. The molecule has 7 heteroatoms. The number of thioether (sulfide) groups is 1. The van der Waals surface area contributed by atoms with Crippen molar-refractivity contribution in [1.82, 2.24) is 4.90 Å². The van der Waals surface area contributed by atoms with E-state index in [0.717, 1.165) is 16.1 Å². The Labute approximate surface area is 179 Å². The summed E-state index contributed by atoms with van der Waals surface area (Å²) in [7, 11) is 0. The van der Waals surface area contributed by atoms with Crippen molar-refractivity contribution >= 4 is 41.2 Å². The van der Waals surface area contributed by atoms with Gasteiger partial charge in [-0.25, -0.2) is 0 Å². The Hall–Kier alpha value is -3.06. The third-order valence-electron chi connectivity index (χ3n) is 5.47. The number of anilines is 1. The van der Waals surface area contributed by atoms with E-state index in [1.165, 1.54) is 11.8 Å². The van der Waals surface area contributed by atoms with E-state index < -0.39 is 0 Å². The lowest BCUT2D eigenvalue weighted by atomic mass is 9.96. The van der Waals surface area contributed by atoms with Gasteiger partial charge in [-0.05, 0) is 36.6 Å². The Balaban J connectivity index is 1.55. The molecule has 6 nitrogen and oxygen atoms in total. The third kappa shape index (κ3) is 4.26. The fraction of sp³-hybridized carbons (Fsp3) is 0.261. The van der Waals surface area contributed by atoms with Crippen LogP contribution in [0.15, 0.2) is 64.4 Å². The van der Waals surface area contributed by atoms with Crippen molar-refractivity contribution in [3.05, 3.63) is 65.1 Å². The highest BCUT2D eigenvalue weighted by Gasteiger charge is 2.33. The van der Waals surface area contributed by atoms with Crippen LogP contribution in [0, 0.1) is 5.92 Å².